The lowest BCUT2D eigenvalue weighted by Crippen LogP contribution is -2.27. The van der Waals surface area contributed by atoms with Crippen molar-refractivity contribution in [2.75, 3.05) is 19.6 Å². The van der Waals surface area contributed by atoms with Crippen LogP contribution in [-0.2, 0) is 0 Å². The van der Waals surface area contributed by atoms with Gasteiger partial charge in [-0.2, -0.15) is 0 Å². The van der Waals surface area contributed by atoms with Gasteiger partial charge in [-0.3, -0.25) is 4.90 Å². The second-order valence-corrected chi connectivity index (χ2v) is 7.38. The summed E-state index contributed by atoms with van der Waals surface area (Å²) >= 11 is 0. The van der Waals surface area contributed by atoms with Crippen molar-refractivity contribution >= 4 is 0 Å². The molecule has 1 saturated heterocycles. The van der Waals surface area contributed by atoms with E-state index in [1.165, 1.54) is 19.3 Å². The number of aliphatic hydroxyl groups is 1. The lowest BCUT2D eigenvalue weighted by molar-refractivity contribution is 0.122. The number of benzene rings is 2. The number of hydrogen-bond donors (Lipinski definition) is 3. The number of β-amino-alcohol motifs (C(OH)–C–C–N with tert-alkyl or cyclic N) is 1. The number of rotatable bonds is 3. The van der Waals surface area contributed by atoms with E-state index in [-0.39, 0.29) is 11.5 Å². The van der Waals surface area contributed by atoms with Gasteiger partial charge in [0.05, 0.1) is 6.10 Å². The lowest BCUT2D eigenvalue weighted by Gasteiger charge is -2.21. The first-order valence-electron chi connectivity index (χ1n) is 9.25. The van der Waals surface area contributed by atoms with Gasteiger partial charge in [0.15, 0.2) is 11.6 Å². The molecule has 0 bridgehead atoms. The Hall–Kier alpha value is -2.18. The van der Waals surface area contributed by atoms with E-state index in [9.17, 15) is 19.0 Å². The summed E-state index contributed by atoms with van der Waals surface area (Å²) in [4.78, 5) is 2.39. The fourth-order valence-corrected chi connectivity index (χ4v) is 4.01. The second kappa shape index (κ2) is 8.67. The Morgan fingerprint density at radius 2 is 1.48 bits per heavy atom. The largest absolute Gasteiger partial charge is 0.508 e. The quantitative estimate of drug-likeness (QED) is 0.761. The minimum Gasteiger partial charge on any atom is -0.508 e. The molecule has 1 saturated carbocycles. The van der Waals surface area contributed by atoms with E-state index in [4.69, 9.17) is 5.11 Å². The summed E-state index contributed by atoms with van der Waals surface area (Å²) in [7, 11) is 0. The summed E-state index contributed by atoms with van der Waals surface area (Å²) < 4.78 is 24.1. The third-order valence-corrected chi connectivity index (χ3v) is 5.41. The minimum absolute atomic E-state index is 0.252. The average molecular weight is 377 g/mol. The fraction of sp³-hybridized carbons (Fsp3) is 0.429. The van der Waals surface area contributed by atoms with Gasteiger partial charge in [0.2, 0.25) is 0 Å². The van der Waals surface area contributed by atoms with Gasteiger partial charge in [0.1, 0.15) is 11.5 Å². The number of nitrogens with zero attached hydrogens (tertiary/aromatic N) is 1. The molecule has 2 fully saturated rings. The summed E-state index contributed by atoms with van der Waals surface area (Å²) in [6.07, 6.45) is 3.70. The van der Waals surface area contributed by atoms with Crippen LogP contribution in [0.3, 0.4) is 0 Å². The molecule has 4 rings (SSSR count). The standard InChI is InChI=1S/C15H21NO2.C6H4F2O/c17-14-6-4-11(5-7-14)15(18)10-16-8-12-2-1-3-13(12)9-16;7-5-2-1-4(9)3-6(5)8/h4-7,12-13,15,17-18H,1-3,8-10H2;1-3,9H/t12-,13+,15?;. The lowest BCUT2D eigenvalue weighted by atomic mass is 10.0. The summed E-state index contributed by atoms with van der Waals surface area (Å²) in [6, 6.07) is 9.54. The van der Waals surface area contributed by atoms with Crippen LogP contribution in [0.15, 0.2) is 42.5 Å². The van der Waals surface area contributed by atoms with E-state index >= 15 is 0 Å². The van der Waals surface area contributed by atoms with Crippen molar-refractivity contribution in [3.63, 3.8) is 0 Å². The van der Waals surface area contributed by atoms with Crippen molar-refractivity contribution < 1.29 is 24.1 Å². The van der Waals surface area contributed by atoms with Crippen molar-refractivity contribution in [1.29, 1.82) is 0 Å². The highest BCUT2D eigenvalue weighted by Crippen LogP contribution is 2.38. The second-order valence-electron chi connectivity index (χ2n) is 7.38. The van der Waals surface area contributed by atoms with Gasteiger partial charge in [0.25, 0.3) is 0 Å². The van der Waals surface area contributed by atoms with E-state index in [0.29, 0.717) is 0 Å². The van der Waals surface area contributed by atoms with Gasteiger partial charge in [0, 0.05) is 25.7 Å². The third kappa shape index (κ3) is 5.17. The monoisotopic (exact) mass is 377 g/mol. The highest BCUT2D eigenvalue weighted by atomic mass is 19.2. The number of halogens is 2. The molecule has 2 aliphatic rings. The van der Waals surface area contributed by atoms with Gasteiger partial charge in [-0.25, -0.2) is 8.78 Å². The van der Waals surface area contributed by atoms with Crippen LogP contribution in [0.25, 0.3) is 0 Å². The number of hydrogen-bond acceptors (Lipinski definition) is 4. The predicted octanol–water partition coefficient (Wildman–Crippen LogP) is 3.83. The minimum atomic E-state index is -1.03. The molecule has 0 amide bonds. The first-order chi connectivity index (χ1) is 12.9. The van der Waals surface area contributed by atoms with Crippen LogP contribution >= 0.6 is 0 Å². The smallest absolute Gasteiger partial charge is 0.162 e. The maximum Gasteiger partial charge on any atom is 0.162 e. The number of phenols is 2. The molecule has 6 heteroatoms. The molecule has 2 aromatic rings. The zero-order chi connectivity index (χ0) is 19.4. The number of aromatic hydroxyl groups is 2. The van der Waals surface area contributed by atoms with Crippen LogP contribution in [0, 0.1) is 23.5 Å². The zero-order valence-electron chi connectivity index (χ0n) is 15.1. The van der Waals surface area contributed by atoms with Crippen molar-refractivity contribution in [2.45, 2.75) is 25.4 Å². The summed E-state index contributed by atoms with van der Waals surface area (Å²) in [5.74, 6) is -0.257. The molecule has 0 spiro atoms. The highest BCUT2D eigenvalue weighted by molar-refractivity contribution is 5.27. The van der Waals surface area contributed by atoms with Crippen molar-refractivity contribution in [3.05, 3.63) is 59.7 Å². The highest BCUT2D eigenvalue weighted by Gasteiger charge is 2.36. The zero-order valence-corrected chi connectivity index (χ0v) is 15.1. The summed E-state index contributed by atoms with van der Waals surface area (Å²) in [5.41, 5.74) is 0.893. The Bertz CT molecular complexity index is 742. The molecular weight excluding hydrogens is 352 g/mol. The van der Waals surface area contributed by atoms with E-state index in [1.54, 1.807) is 24.3 Å². The fourth-order valence-electron chi connectivity index (χ4n) is 4.01. The first kappa shape index (κ1) is 19.6. The molecule has 146 valence electrons. The molecule has 0 aromatic heterocycles. The average Bonchev–Trinajstić information content (AvgIpc) is 3.21. The Kier molecular flexibility index (Phi) is 6.29. The normalized spacial score (nSPS) is 22.8. The molecule has 1 aliphatic carbocycles. The van der Waals surface area contributed by atoms with E-state index in [0.717, 1.165) is 55.2 Å². The maximum absolute atomic E-state index is 12.0. The van der Waals surface area contributed by atoms with Crippen molar-refractivity contribution in [3.8, 4) is 11.5 Å². The number of likely N-dealkylation sites (tertiary alicyclic amines) is 1. The Morgan fingerprint density at radius 1 is 0.889 bits per heavy atom. The van der Waals surface area contributed by atoms with Crippen LogP contribution in [0.2, 0.25) is 0 Å². The molecule has 0 radical (unpaired) electrons. The summed E-state index contributed by atoms with van der Waals surface area (Å²) in [6.45, 7) is 3.03. The SMILES string of the molecule is Oc1ccc(C(O)CN2C[C@H]3CCC[C@H]3C2)cc1.Oc1ccc(F)c(F)c1. The predicted molar refractivity (Wildman–Crippen MR) is 98.4 cm³/mol. The van der Waals surface area contributed by atoms with E-state index in [1.807, 2.05) is 0 Å². The van der Waals surface area contributed by atoms with Gasteiger partial charge < -0.3 is 15.3 Å². The molecular formula is C21H25F2NO3. The number of aliphatic hydroxyl groups excluding tert-OH is 1. The number of fused-ring (bicyclic) bond motifs is 1. The Labute approximate surface area is 157 Å². The molecule has 1 aliphatic heterocycles. The van der Waals surface area contributed by atoms with Gasteiger partial charge in [-0.05, 0) is 54.5 Å². The van der Waals surface area contributed by atoms with Gasteiger partial charge >= 0.3 is 0 Å². The molecule has 1 heterocycles. The first-order valence-corrected chi connectivity index (χ1v) is 9.25. The van der Waals surface area contributed by atoms with Crippen molar-refractivity contribution in [2.24, 2.45) is 11.8 Å². The maximum atomic E-state index is 12.0. The van der Waals surface area contributed by atoms with E-state index < -0.39 is 17.7 Å². The summed E-state index contributed by atoms with van der Waals surface area (Å²) in [5, 5.41) is 28.0. The van der Waals surface area contributed by atoms with E-state index in [2.05, 4.69) is 4.90 Å². The molecule has 2 aromatic carbocycles. The van der Waals surface area contributed by atoms with Crippen LogP contribution in [0.1, 0.15) is 30.9 Å². The van der Waals surface area contributed by atoms with Crippen LogP contribution in [0.4, 0.5) is 8.78 Å². The van der Waals surface area contributed by atoms with Crippen LogP contribution in [0.5, 0.6) is 11.5 Å². The van der Waals surface area contributed by atoms with Gasteiger partial charge in [-0.1, -0.05) is 18.6 Å². The van der Waals surface area contributed by atoms with Gasteiger partial charge in [-0.15, -0.1) is 0 Å². The molecule has 27 heavy (non-hydrogen) atoms. The Morgan fingerprint density at radius 3 is 2.04 bits per heavy atom. The molecule has 4 nitrogen and oxygen atoms in total. The topological polar surface area (TPSA) is 63.9 Å². The van der Waals surface area contributed by atoms with Crippen LogP contribution < -0.4 is 0 Å². The molecule has 3 N–H and O–H groups in total. The number of phenolic OH excluding ortho intramolecular Hbond substituents is 2. The molecule has 3 atom stereocenters. The third-order valence-electron chi connectivity index (χ3n) is 5.41. The van der Waals surface area contributed by atoms with Crippen LogP contribution in [-0.4, -0.2) is 39.9 Å². The van der Waals surface area contributed by atoms with Crippen molar-refractivity contribution in [1.82, 2.24) is 4.90 Å². The molecule has 1 unspecified atom stereocenters. The Balaban J connectivity index is 0.000000197.